The number of nitrogens with one attached hydrogen (secondary N) is 1. The second kappa shape index (κ2) is 14.6. The van der Waals surface area contributed by atoms with Gasteiger partial charge in [-0.05, 0) is 42.3 Å². The zero-order valence-electron chi connectivity index (χ0n) is 18.4. The summed E-state index contributed by atoms with van der Waals surface area (Å²) in [5, 5.41) is 21.2. The summed E-state index contributed by atoms with van der Waals surface area (Å²) in [4.78, 5) is 34.5. The molecular formula is C25H22Cl2N5NaO3. The number of nitrogens with zero attached hydrogens (tertiary/aromatic N) is 4. The summed E-state index contributed by atoms with van der Waals surface area (Å²) < 4.78 is 0. The number of carboxylic acids is 1. The molecule has 3 aromatic rings. The number of carbonyl (C=O) groups is 2. The van der Waals surface area contributed by atoms with Crippen molar-refractivity contribution < 1.29 is 14.7 Å². The molecule has 1 amide bonds. The van der Waals surface area contributed by atoms with Crippen molar-refractivity contribution in [1.82, 2.24) is 15.3 Å². The number of hydrogen-bond acceptors (Lipinski definition) is 6. The molecule has 180 valence electrons. The van der Waals surface area contributed by atoms with Gasteiger partial charge in [-0.25, -0.2) is 14.8 Å². The summed E-state index contributed by atoms with van der Waals surface area (Å²) in [6.07, 6.45) is 7.05. The van der Waals surface area contributed by atoms with Gasteiger partial charge in [0.1, 0.15) is 6.04 Å². The maximum atomic E-state index is 12.5. The first kappa shape index (κ1) is 29.3. The molecule has 1 atom stereocenters. The first-order valence-electron chi connectivity index (χ1n) is 10.6. The molecule has 3 rings (SSSR count). The van der Waals surface area contributed by atoms with E-state index in [1.807, 2.05) is 29.2 Å². The van der Waals surface area contributed by atoms with Crippen LogP contribution in [-0.4, -0.2) is 69.1 Å². The molecule has 0 aliphatic rings. The van der Waals surface area contributed by atoms with Crippen molar-refractivity contribution in [2.45, 2.75) is 18.9 Å². The molecule has 0 saturated heterocycles. The van der Waals surface area contributed by atoms with Gasteiger partial charge in [-0.3, -0.25) is 4.79 Å². The molecule has 1 heterocycles. The van der Waals surface area contributed by atoms with Crippen LogP contribution < -0.4 is 10.2 Å². The molecule has 0 spiro atoms. The number of benzene rings is 2. The minimum absolute atomic E-state index is 0. The average Bonchev–Trinajstić information content (AvgIpc) is 2.85. The van der Waals surface area contributed by atoms with Crippen LogP contribution in [0, 0.1) is 11.3 Å². The van der Waals surface area contributed by atoms with E-state index in [0.29, 0.717) is 18.9 Å². The first-order chi connectivity index (χ1) is 16.9. The number of nitriles is 1. The predicted octanol–water partition coefficient (Wildman–Crippen LogP) is 4.47. The fourth-order valence-electron chi connectivity index (χ4n) is 3.21. The van der Waals surface area contributed by atoms with E-state index >= 15 is 0 Å². The van der Waals surface area contributed by atoms with Crippen LogP contribution in [0.4, 0.5) is 11.6 Å². The average molecular weight is 534 g/mol. The van der Waals surface area contributed by atoms with E-state index in [9.17, 15) is 14.7 Å². The Morgan fingerprint density at radius 2 is 1.72 bits per heavy atom. The van der Waals surface area contributed by atoms with Crippen molar-refractivity contribution in [3.8, 4) is 6.07 Å². The molecule has 1 unspecified atom stereocenters. The summed E-state index contributed by atoms with van der Waals surface area (Å²) in [5.74, 6) is -1.35. The maximum absolute atomic E-state index is 12.5. The van der Waals surface area contributed by atoms with Crippen LogP contribution in [0.1, 0.15) is 28.8 Å². The molecule has 2 aromatic carbocycles. The van der Waals surface area contributed by atoms with E-state index in [1.54, 1.807) is 36.7 Å². The Morgan fingerprint density at radius 1 is 1.08 bits per heavy atom. The number of carboxylic acid groups (broad SMARTS) is 1. The van der Waals surface area contributed by atoms with Gasteiger partial charge in [0.2, 0.25) is 5.95 Å². The third kappa shape index (κ3) is 8.05. The Labute approximate surface area is 240 Å². The third-order valence-corrected chi connectivity index (χ3v) is 5.55. The van der Waals surface area contributed by atoms with E-state index in [-0.39, 0.29) is 51.6 Å². The van der Waals surface area contributed by atoms with Gasteiger partial charge in [0.25, 0.3) is 5.91 Å². The summed E-state index contributed by atoms with van der Waals surface area (Å²) in [5.41, 5.74) is 1.67. The van der Waals surface area contributed by atoms with Gasteiger partial charge in [0.05, 0.1) is 28.1 Å². The van der Waals surface area contributed by atoms with Crippen LogP contribution in [0.25, 0.3) is 6.08 Å². The Hall–Kier alpha value is -2.93. The minimum atomic E-state index is -1.18. The predicted molar refractivity (Wildman–Crippen MR) is 142 cm³/mol. The third-order valence-electron chi connectivity index (χ3n) is 4.92. The van der Waals surface area contributed by atoms with Crippen molar-refractivity contribution in [1.29, 1.82) is 5.26 Å². The van der Waals surface area contributed by atoms with E-state index in [4.69, 9.17) is 28.5 Å². The number of aliphatic carboxylic acids is 1. The molecule has 0 fully saturated rings. The van der Waals surface area contributed by atoms with Crippen LogP contribution in [0.3, 0.4) is 0 Å². The molecular weight excluding hydrogens is 512 g/mol. The number of rotatable bonds is 10. The molecule has 0 aliphatic heterocycles. The number of amides is 1. The Bertz CT molecular complexity index is 1230. The van der Waals surface area contributed by atoms with E-state index < -0.39 is 17.9 Å². The monoisotopic (exact) mass is 533 g/mol. The summed E-state index contributed by atoms with van der Waals surface area (Å²) in [7, 11) is 0. The Balaban J connectivity index is 0.00000456. The zero-order valence-corrected chi connectivity index (χ0v) is 19.9. The van der Waals surface area contributed by atoms with Crippen LogP contribution >= 0.6 is 23.2 Å². The molecule has 1 aromatic heterocycles. The van der Waals surface area contributed by atoms with Crippen molar-refractivity contribution in [2.24, 2.45) is 0 Å². The number of carbonyl (C=O) groups excluding carboxylic acids is 1. The van der Waals surface area contributed by atoms with Crippen molar-refractivity contribution in [3.05, 3.63) is 88.2 Å². The van der Waals surface area contributed by atoms with E-state index in [1.165, 1.54) is 12.1 Å². The topological polar surface area (TPSA) is 119 Å². The number of hydrogen-bond donors (Lipinski definition) is 2. The normalized spacial score (nSPS) is 11.2. The van der Waals surface area contributed by atoms with Crippen molar-refractivity contribution >= 4 is 82.3 Å². The second-order valence-electron chi connectivity index (χ2n) is 7.30. The molecule has 2 N–H and O–H groups in total. The van der Waals surface area contributed by atoms with Crippen LogP contribution in [-0.2, 0) is 4.79 Å². The van der Waals surface area contributed by atoms with Crippen LogP contribution in [0.5, 0.6) is 0 Å². The molecule has 0 saturated carbocycles. The first-order valence-corrected chi connectivity index (χ1v) is 11.3. The fourth-order valence-corrected chi connectivity index (χ4v) is 3.78. The number of aromatic nitrogens is 2. The Morgan fingerprint density at radius 3 is 2.31 bits per heavy atom. The summed E-state index contributed by atoms with van der Waals surface area (Å²) in [6.45, 7) is 0.436. The molecule has 36 heavy (non-hydrogen) atoms. The zero-order chi connectivity index (χ0) is 25.2. The Kier molecular flexibility index (Phi) is 11.9. The quantitative estimate of drug-likeness (QED) is 0.369. The molecule has 0 radical (unpaired) electrons. The summed E-state index contributed by atoms with van der Waals surface area (Å²) in [6, 6.07) is 14.7. The molecule has 0 aliphatic carbocycles. The van der Waals surface area contributed by atoms with E-state index in [0.717, 1.165) is 11.3 Å². The molecule has 8 nitrogen and oxygen atoms in total. The van der Waals surface area contributed by atoms with Gasteiger partial charge < -0.3 is 15.3 Å². The van der Waals surface area contributed by atoms with Gasteiger partial charge in [-0.1, -0.05) is 53.6 Å². The van der Waals surface area contributed by atoms with E-state index in [2.05, 4.69) is 21.4 Å². The standard InChI is InChI=1S/C25H21Cl2N5O3.Na.H/c26-19-6-2-7-20(27)22(19)23(33)31-21(24(34)35)8-1-5-17-9-11-18(12-10-17)32(16-3-13-28)25-29-14-4-15-30-25;;/h1-2,4-7,9-12,14-15,21H,3,8,16H2,(H,31,33)(H,34,35);;. The molecule has 0 bridgehead atoms. The van der Waals surface area contributed by atoms with Crippen molar-refractivity contribution in [2.75, 3.05) is 11.4 Å². The van der Waals surface area contributed by atoms with Gasteiger partial charge in [0, 0.05) is 24.6 Å². The molecule has 11 heteroatoms. The van der Waals surface area contributed by atoms with Gasteiger partial charge in [-0.2, -0.15) is 5.26 Å². The van der Waals surface area contributed by atoms with Crippen LogP contribution in [0.15, 0.2) is 67.0 Å². The van der Waals surface area contributed by atoms with Gasteiger partial charge in [0.15, 0.2) is 0 Å². The number of anilines is 2. The summed E-state index contributed by atoms with van der Waals surface area (Å²) >= 11 is 12.1. The SMILES string of the molecule is N#CCCN(c1ccc(C=CCC(NC(=O)c2c(Cl)cccc2Cl)C(=O)O)cc1)c1ncccn1.[NaH]. The second-order valence-corrected chi connectivity index (χ2v) is 8.11. The van der Waals surface area contributed by atoms with Gasteiger partial charge in [-0.15, -0.1) is 0 Å². The number of halogens is 2. The fraction of sp³-hybridized carbons (Fsp3) is 0.160. The van der Waals surface area contributed by atoms with Crippen LogP contribution in [0.2, 0.25) is 10.0 Å². The van der Waals surface area contributed by atoms with Crippen molar-refractivity contribution in [3.63, 3.8) is 0 Å². The van der Waals surface area contributed by atoms with Gasteiger partial charge >= 0.3 is 35.5 Å².